The van der Waals surface area contributed by atoms with Gasteiger partial charge in [0.25, 0.3) is 0 Å². The average molecular weight is 322 g/mol. The maximum Gasteiger partial charge on any atom is 0.240 e. The highest BCUT2D eigenvalue weighted by molar-refractivity contribution is 5.98. The minimum atomic E-state index is -0.651. The summed E-state index contributed by atoms with van der Waals surface area (Å²) in [7, 11) is 0. The summed E-state index contributed by atoms with van der Waals surface area (Å²) < 4.78 is 0. The Morgan fingerprint density at radius 2 is 1.54 bits per heavy atom. The number of benzene rings is 2. The molecule has 0 aromatic heterocycles. The lowest BCUT2D eigenvalue weighted by atomic mass is 9.93. The molecule has 0 radical (unpaired) electrons. The minimum absolute atomic E-state index is 0.00154. The third-order valence-electron chi connectivity index (χ3n) is 4.91. The summed E-state index contributed by atoms with van der Waals surface area (Å²) >= 11 is 0. The van der Waals surface area contributed by atoms with Gasteiger partial charge < -0.3 is 11.1 Å². The van der Waals surface area contributed by atoms with Gasteiger partial charge in [-0.3, -0.25) is 9.59 Å². The lowest BCUT2D eigenvalue weighted by Crippen LogP contribution is -2.49. The predicted octanol–water partition coefficient (Wildman–Crippen LogP) is 2.82. The molecule has 2 aromatic rings. The Balaban J connectivity index is 1.97. The van der Waals surface area contributed by atoms with E-state index in [1.54, 1.807) is 0 Å². The fraction of sp³-hybridized carbons (Fsp3) is 0.300. The SMILES string of the molecule is CC[C@@H](C)[C@H](NC(=O)C1c2ccccc2-c2ccccc21)C(N)=O. The van der Waals surface area contributed by atoms with Gasteiger partial charge in [0.2, 0.25) is 11.8 Å². The maximum atomic E-state index is 13.0. The molecule has 0 unspecified atom stereocenters. The van der Waals surface area contributed by atoms with Crippen LogP contribution < -0.4 is 11.1 Å². The molecule has 24 heavy (non-hydrogen) atoms. The van der Waals surface area contributed by atoms with Gasteiger partial charge in [-0.15, -0.1) is 0 Å². The third kappa shape index (κ3) is 2.68. The van der Waals surface area contributed by atoms with Gasteiger partial charge in [0.15, 0.2) is 0 Å². The zero-order chi connectivity index (χ0) is 17.3. The molecule has 0 aliphatic heterocycles. The summed E-state index contributed by atoms with van der Waals surface area (Å²) in [6, 6.07) is 15.2. The highest BCUT2D eigenvalue weighted by Crippen LogP contribution is 2.44. The summed E-state index contributed by atoms with van der Waals surface area (Å²) in [5.41, 5.74) is 9.60. The van der Waals surface area contributed by atoms with Crippen molar-refractivity contribution in [3.63, 3.8) is 0 Å². The van der Waals surface area contributed by atoms with E-state index >= 15 is 0 Å². The topological polar surface area (TPSA) is 72.2 Å². The molecule has 0 fully saturated rings. The van der Waals surface area contributed by atoms with Crippen LogP contribution in [0.1, 0.15) is 37.3 Å². The highest BCUT2D eigenvalue weighted by atomic mass is 16.2. The number of carbonyl (C=O) groups is 2. The van der Waals surface area contributed by atoms with E-state index in [0.717, 1.165) is 28.7 Å². The monoisotopic (exact) mass is 322 g/mol. The summed E-state index contributed by atoms with van der Waals surface area (Å²) in [4.78, 5) is 24.7. The molecule has 4 heteroatoms. The Labute approximate surface area is 142 Å². The molecule has 1 aliphatic carbocycles. The van der Waals surface area contributed by atoms with Gasteiger partial charge in [-0.1, -0.05) is 68.8 Å². The first-order valence-electron chi connectivity index (χ1n) is 8.32. The molecule has 124 valence electrons. The molecule has 0 saturated carbocycles. The first kappa shape index (κ1) is 16.2. The van der Waals surface area contributed by atoms with Gasteiger partial charge in [-0.25, -0.2) is 0 Å². The van der Waals surface area contributed by atoms with Gasteiger partial charge in [-0.2, -0.15) is 0 Å². The van der Waals surface area contributed by atoms with Gasteiger partial charge in [0, 0.05) is 0 Å². The minimum Gasteiger partial charge on any atom is -0.368 e. The van der Waals surface area contributed by atoms with Crippen molar-refractivity contribution in [2.24, 2.45) is 11.7 Å². The second-order valence-corrected chi connectivity index (χ2v) is 6.38. The van der Waals surface area contributed by atoms with Crippen molar-refractivity contribution in [3.05, 3.63) is 59.7 Å². The molecule has 0 bridgehead atoms. The maximum absolute atomic E-state index is 13.0. The molecular weight excluding hydrogens is 300 g/mol. The van der Waals surface area contributed by atoms with Crippen molar-refractivity contribution in [2.45, 2.75) is 32.2 Å². The van der Waals surface area contributed by atoms with Crippen molar-refractivity contribution in [2.75, 3.05) is 0 Å². The number of nitrogens with two attached hydrogens (primary N) is 1. The summed E-state index contributed by atoms with van der Waals surface area (Å²) in [5.74, 6) is -1.06. The summed E-state index contributed by atoms with van der Waals surface area (Å²) in [6.45, 7) is 3.90. The molecule has 1 aliphatic rings. The summed E-state index contributed by atoms with van der Waals surface area (Å²) in [5, 5.41) is 2.88. The summed E-state index contributed by atoms with van der Waals surface area (Å²) in [6.07, 6.45) is 0.770. The van der Waals surface area contributed by atoms with Crippen LogP contribution in [0.2, 0.25) is 0 Å². The number of nitrogens with one attached hydrogen (secondary N) is 1. The van der Waals surface area contributed by atoms with Crippen molar-refractivity contribution in [1.82, 2.24) is 5.32 Å². The van der Waals surface area contributed by atoms with E-state index in [2.05, 4.69) is 5.32 Å². The first-order valence-corrected chi connectivity index (χ1v) is 8.32. The lowest BCUT2D eigenvalue weighted by molar-refractivity contribution is -0.128. The molecule has 2 aromatic carbocycles. The normalized spacial score (nSPS) is 15.2. The second-order valence-electron chi connectivity index (χ2n) is 6.38. The van der Waals surface area contributed by atoms with Crippen LogP contribution in [-0.4, -0.2) is 17.9 Å². The Bertz CT molecular complexity index is 739. The Morgan fingerprint density at radius 3 is 2.00 bits per heavy atom. The molecule has 2 amide bonds. The van der Waals surface area contributed by atoms with Crippen LogP contribution in [-0.2, 0) is 9.59 Å². The number of carbonyl (C=O) groups excluding carboxylic acids is 2. The van der Waals surface area contributed by atoms with E-state index in [9.17, 15) is 9.59 Å². The number of amides is 2. The molecule has 3 rings (SSSR count). The molecule has 0 saturated heterocycles. The number of hydrogen-bond acceptors (Lipinski definition) is 2. The number of primary amides is 1. The number of hydrogen-bond donors (Lipinski definition) is 2. The van der Waals surface area contributed by atoms with E-state index in [1.807, 2.05) is 62.4 Å². The van der Waals surface area contributed by atoms with Crippen molar-refractivity contribution in [1.29, 1.82) is 0 Å². The Kier molecular flexibility index (Phi) is 4.38. The fourth-order valence-corrected chi connectivity index (χ4v) is 3.40. The van der Waals surface area contributed by atoms with E-state index in [0.29, 0.717) is 0 Å². The first-order chi connectivity index (χ1) is 11.5. The average Bonchev–Trinajstić information content (AvgIpc) is 2.93. The van der Waals surface area contributed by atoms with Crippen LogP contribution in [0.4, 0.5) is 0 Å². The van der Waals surface area contributed by atoms with Crippen molar-refractivity contribution in [3.8, 4) is 11.1 Å². The van der Waals surface area contributed by atoms with Crippen molar-refractivity contribution < 1.29 is 9.59 Å². The van der Waals surface area contributed by atoms with Crippen LogP contribution in [0, 0.1) is 5.92 Å². The molecule has 4 nitrogen and oxygen atoms in total. The van der Waals surface area contributed by atoms with E-state index in [4.69, 9.17) is 5.73 Å². The zero-order valence-electron chi connectivity index (χ0n) is 14.0. The van der Waals surface area contributed by atoms with Gasteiger partial charge in [-0.05, 0) is 28.2 Å². The molecule has 0 spiro atoms. The highest BCUT2D eigenvalue weighted by Gasteiger charge is 2.35. The number of rotatable bonds is 5. The van der Waals surface area contributed by atoms with Gasteiger partial charge in [0.05, 0.1) is 5.92 Å². The van der Waals surface area contributed by atoms with Crippen LogP contribution >= 0.6 is 0 Å². The molecule has 2 atom stereocenters. The van der Waals surface area contributed by atoms with Gasteiger partial charge >= 0.3 is 0 Å². The second kappa shape index (κ2) is 6.48. The van der Waals surface area contributed by atoms with Crippen LogP contribution in [0.25, 0.3) is 11.1 Å². The van der Waals surface area contributed by atoms with E-state index in [-0.39, 0.29) is 11.8 Å². The van der Waals surface area contributed by atoms with Crippen LogP contribution in [0.15, 0.2) is 48.5 Å². The smallest absolute Gasteiger partial charge is 0.240 e. The Hall–Kier alpha value is -2.62. The molecule has 3 N–H and O–H groups in total. The Morgan fingerprint density at radius 1 is 1.04 bits per heavy atom. The quantitative estimate of drug-likeness (QED) is 0.888. The van der Waals surface area contributed by atoms with Crippen LogP contribution in [0.3, 0.4) is 0 Å². The number of fused-ring (bicyclic) bond motifs is 3. The van der Waals surface area contributed by atoms with E-state index < -0.39 is 17.9 Å². The third-order valence-corrected chi connectivity index (χ3v) is 4.91. The standard InChI is InChI=1S/C20H22N2O2/c1-3-12(2)18(19(21)23)22-20(24)17-15-10-6-4-8-13(15)14-9-5-7-11-16(14)17/h4-12,17-18H,3H2,1-2H3,(H2,21,23)(H,22,24)/t12-,18+/m1/s1. The largest absolute Gasteiger partial charge is 0.368 e. The molecule has 0 heterocycles. The van der Waals surface area contributed by atoms with E-state index in [1.165, 1.54) is 0 Å². The lowest BCUT2D eigenvalue weighted by Gasteiger charge is -2.23. The molecular formula is C20H22N2O2. The van der Waals surface area contributed by atoms with Gasteiger partial charge in [0.1, 0.15) is 6.04 Å². The van der Waals surface area contributed by atoms with Crippen LogP contribution in [0.5, 0.6) is 0 Å². The predicted molar refractivity (Wildman–Crippen MR) is 94.3 cm³/mol. The van der Waals surface area contributed by atoms with Crippen molar-refractivity contribution >= 4 is 11.8 Å². The zero-order valence-corrected chi connectivity index (χ0v) is 14.0. The fourth-order valence-electron chi connectivity index (χ4n) is 3.40.